The molecule has 2 heterocycles. The fourth-order valence-corrected chi connectivity index (χ4v) is 2.14. The molecule has 0 aliphatic carbocycles. The average Bonchev–Trinajstić information content (AvgIpc) is 2.14. The lowest BCUT2D eigenvalue weighted by Crippen LogP contribution is -2.58. The van der Waals surface area contributed by atoms with E-state index in [-0.39, 0.29) is 0 Å². The van der Waals surface area contributed by atoms with Crippen LogP contribution in [0.4, 0.5) is 0 Å². The molecule has 2 rings (SSSR count). The van der Waals surface area contributed by atoms with Crippen LogP contribution in [-0.2, 0) is 4.74 Å². The van der Waals surface area contributed by atoms with Crippen LogP contribution in [0.5, 0.6) is 0 Å². The van der Waals surface area contributed by atoms with Gasteiger partial charge in [-0.25, -0.2) is 0 Å². The first-order valence-electron chi connectivity index (χ1n) is 5.17. The summed E-state index contributed by atoms with van der Waals surface area (Å²) in [7, 11) is 0. The molecule has 13 heavy (non-hydrogen) atoms. The zero-order chi connectivity index (χ0) is 9.10. The largest absolute Gasteiger partial charge is 0.370 e. The molecule has 2 aliphatic rings. The molecule has 0 amide bonds. The fraction of sp³-hybridized carbons (Fsp3) is 1.00. The van der Waals surface area contributed by atoms with Gasteiger partial charge in [0, 0.05) is 26.2 Å². The Kier molecular flexibility index (Phi) is 3.16. The lowest BCUT2D eigenvalue weighted by atomic mass is 10.1. The topological polar surface area (TPSA) is 50.5 Å². The quantitative estimate of drug-likeness (QED) is 0.592. The van der Waals surface area contributed by atoms with E-state index in [9.17, 15) is 0 Å². The van der Waals surface area contributed by atoms with Crippen LogP contribution in [0.15, 0.2) is 0 Å². The maximum Gasteiger partial charge on any atom is 0.0831 e. The SMILES string of the molecule is NCCCN1CC2CNCC(C1)O2. The molecule has 3 N–H and O–H groups in total. The summed E-state index contributed by atoms with van der Waals surface area (Å²) in [6.45, 7) is 6.09. The second kappa shape index (κ2) is 4.37. The minimum absolute atomic E-state index is 0.408. The van der Waals surface area contributed by atoms with Gasteiger partial charge in [-0.2, -0.15) is 0 Å². The maximum absolute atomic E-state index is 5.80. The number of nitrogens with zero attached hydrogens (tertiary/aromatic N) is 1. The Morgan fingerprint density at radius 1 is 1.31 bits per heavy atom. The van der Waals surface area contributed by atoms with E-state index in [1.165, 1.54) is 0 Å². The van der Waals surface area contributed by atoms with Gasteiger partial charge in [0.1, 0.15) is 0 Å². The standard InChI is InChI=1S/C9H19N3O/c10-2-1-3-12-6-8-4-11-5-9(7-12)13-8/h8-9,11H,1-7,10H2. The summed E-state index contributed by atoms with van der Waals surface area (Å²) >= 11 is 0. The van der Waals surface area contributed by atoms with Gasteiger partial charge in [-0.1, -0.05) is 0 Å². The molecule has 76 valence electrons. The second-order valence-electron chi connectivity index (χ2n) is 3.94. The van der Waals surface area contributed by atoms with E-state index in [2.05, 4.69) is 10.2 Å². The second-order valence-corrected chi connectivity index (χ2v) is 3.94. The fourth-order valence-electron chi connectivity index (χ4n) is 2.14. The van der Waals surface area contributed by atoms with Gasteiger partial charge in [0.25, 0.3) is 0 Å². The molecule has 4 heteroatoms. The van der Waals surface area contributed by atoms with Crippen molar-refractivity contribution in [2.24, 2.45) is 5.73 Å². The van der Waals surface area contributed by atoms with Crippen LogP contribution in [0, 0.1) is 0 Å². The van der Waals surface area contributed by atoms with E-state index >= 15 is 0 Å². The predicted octanol–water partition coefficient (Wildman–Crippen LogP) is -0.992. The highest BCUT2D eigenvalue weighted by molar-refractivity contribution is 4.84. The Hall–Kier alpha value is -0.160. The molecule has 0 radical (unpaired) electrons. The third kappa shape index (κ3) is 2.40. The van der Waals surface area contributed by atoms with Gasteiger partial charge in [-0.3, -0.25) is 4.90 Å². The van der Waals surface area contributed by atoms with Crippen molar-refractivity contribution < 1.29 is 4.74 Å². The number of hydrogen-bond acceptors (Lipinski definition) is 4. The molecule has 0 spiro atoms. The number of morpholine rings is 2. The first kappa shape index (κ1) is 9.40. The van der Waals surface area contributed by atoms with Crippen molar-refractivity contribution in [2.45, 2.75) is 18.6 Å². The number of rotatable bonds is 3. The summed E-state index contributed by atoms with van der Waals surface area (Å²) in [4.78, 5) is 2.48. The first-order chi connectivity index (χ1) is 6.38. The van der Waals surface area contributed by atoms with Crippen LogP contribution in [-0.4, -0.2) is 56.4 Å². The molecule has 2 fully saturated rings. The summed E-state index contributed by atoms with van der Waals surface area (Å²) in [5.74, 6) is 0. The molecule has 2 atom stereocenters. The molecule has 2 aliphatic heterocycles. The highest BCUT2D eigenvalue weighted by Gasteiger charge is 2.30. The van der Waals surface area contributed by atoms with E-state index in [1.54, 1.807) is 0 Å². The zero-order valence-electron chi connectivity index (χ0n) is 8.04. The number of nitrogens with two attached hydrogens (primary N) is 1. The Morgan fingerprint density at radius 2 is 2.00 bits per heavy atom. The monoisotopic (exact) mass is 185 g/mol. The molecule has 0 aromatic heterocycles. The highest BCUT2D eigenvalue weighted by atomic mass is 16.5. The molecular formula is C9H19N3O. The Labute approximate surface area is 79.4 Å². The van der Waals surface area contributed by atoms with E-state index in [0.29, 0.717) is 12.2 Å². The van der Waals surface area contributed by atoms with Crippen LogP contribution >= 0.6 is 0 Å². The third-order valence-corrected chi connectivity index (χ3v) is 2.73. The Bertz CT molecular complexity index is 153. The van der Waals surface area contributed by atoms with Crippen LogP contribution in [0.25, 0.3) is 0 Å². The van der Waals surface area contributed by atoms with Crippen molar-refractivity contribution in [3.05, 3.63) is 0 Å². The average molecular weight is 185 g/mol. The van der Waals surface area contributed by atoms with Crippen molar-refractivity contribution in [2.75, 3.05) is 39.3 Å². The Morgan fingerprint density at radius 3 is 2.62 bits per heavy atom. The first-order valence-corrected chi connectivity index (χ1v) is 5.17. The van der Waals surface area contributed by atoms with Gasteiger partial charge in [0.2, 0.25) is 0 Å². The normalized spacial score (nSPS) is 34.8. The molecule has 0 aromatic carbocycles. The molecule has 2 bridgehead atoms. The summed E-state index contributed by atoms with van der Waals surface area (Å²) in [6, 6.07) is 0. The number of nitrogens with one attached hydrogen (secondary N) is 1. The number of fused-ring (bicyclic) bond motifs is 2. The zero-order valence-corrected chi connectivity index (χ0v) is 8.04. The van der Waals surface area contributed by atoms with Crippen molar-refractivity contribution in [3.8, 4) is 0 Å². The smallest absolute Gasteiger partial charge is 0.0831 e. The van der Waals surface area contributed by atoms with Crippen molar-refractivity contribution >= 4 is 0 Å². The summed E-state index contributed by atoms with van der Waals surface area (Å²) in [5, 5.41) is 3.39. The molecule has 4 nitrogen and oxygen atoms in total. The number of hydrogen-bond donors (Lipinski definition) is 2. The maximum atomic E-state index is 5.80. The summed E-state index contributed by atoms with van der Waals surface area (Å²) < 4.78 is 5.80. The molecule has 0 saturated carbocycles. The van der Waals surface area contributed by atoms with Crippen LogP contribution in [0.3, 0.4) is 0 Å². The third-order valence-electron chi connectivity index (χ3n) is 2.73. The Balaban J connectivity index is 1.80. The van der Waals surface area contributed by atoms with Crippen LogP contribution in [0.2, 0.25) is 0 Å². The lowest BCUT2D eigenvalue weighted by molar-refractivity contribution is -0.102. The van der Waals surface area contributed by atoms with Crippen molar-refractivity contribution in [3.63, 3.8) is 0 Å². The van der Waals surface area contributed by atoms with Crippen molar-refractivity contribution in [1.82, 2.24) is 10.2 Å². The molecule has 0 aromatic rings. The van der Waals surface area contributed by atoms with Gasteiger partial charge >= 0.3 is 0 Å². The minimum atomic E-state index is 0.408. The van der Waals surface area contributed by atoms with Crippen LogP contribution < -0.4 is 11.1 Å². The molecule has 2 saturated heterocycles. The van der Waals surface area contributed by atoms with Gasteiger partial charge in [-0.15, -0.1) is 0 Å². The van der Waals surface area contributed by atoms with E-state index < -0.39 is 0 Å². The predicted molar refractivity (Wildman–Crippen MR) is 51.6 cm³/mol. The highest BCUT2D eigenvalue weighted by Crippen LogP contribution is 2.13. The molecule has 2 unspecified atom stereocenters. The van der Waals surface area contributed by atoms with E-state index in [0.717, 1.165) is 45.7 Å². The van der Waals surface area contributed by atoms with Crippen molar-refractivity contribution in [1.29, 1.82) is 0 Å². The van der Waals surface area contributed by atoms with E-state index in [1.807, 2.05) is 0 Å². The van der Waals surface area contributed by atoms with Gasteiger partial charge < -0.3 is 15.8 Å². The minimum Gasteiger partial charge on any atom is -0.370 e. The van der Waals surface area contributed by atoms with Gasteiger partial charge in [0.15, 0.2) is 0 Å². The summed E-state index contributed by atoms with van der Waals surface area (Å²) in [5.41, 5.74) is 5.49. The van der Waals surface area contributed by atoms with Gasteiger partial charge in [0.05, 0.1) is 12.2 Å². The number of ether oxygens (including phenoxy) is 1. The summed E-state index contributed by atoms with van der Waals surface area (Å²) in [6.07, 6.45) is 1.92. The molecular weight excluding hydrogens is 166 g/mol. The van der Waals surface area contributed by atoms with Crippen LogP contribution in [0.1, 0.15) is 6.42 Å². The lowest BCUT2D eigenvalue weighted by Gasteiger charge is -2.41. The van der Waals surface area contributed by atoms with E-state index in [4.69, 9.17) is 10.5 Å². The van der Waals surface area contributed by atoms with Gasteiger partial charge in [-0.05, 0) is 19.5 Å².